The normalized spacial score (nSPS) is 38.0. The fourth-order valence-electron chi connectivity index (χ4n) is 6.16. The second-order valence-electron chi connectivity index (χ2n) is 8.36. The second kappa shape index (κ2) is 5.39. The number of allylic oxidation sites excluding steroid dienone is 1. The third kappa shape index (κ3) is 2.20. The number of carbonyl (C=O) groups is 1. The maximum Gasteiger partial charge on any atom is 0.164 e. The molecule has 1 heterocycles. The predicted molar refractivity (Wildman–Crippen MR) is 99.0 cm³/mol. The Kier molecular flexibility index (Phi) is 3.38. The van der Waals surface area contributed by atoms with Gasteiger partial charge in [-0.1, -0.05) is 23.9 Å². The van der Waals surface area contributed by atoms with Crippen molar-refractivity contribution >= 4 is 23.2 Å². The van der Waals surface area contributed by atoms with Gasteiger partial charge in [0, 0.05) is 22.9 Å². The van der Waals surface area contributed by atoms with Crippen LogP contribution in [-0.2, 0) is 4.79 Å². The van der Waals surface area contributed by atoms with Crippen molar-refractivity contribution in [2.75, 3.05) is 11.4 Å². The topological polar surface area (TPSA) is 20.3 Å². The van der Waals surface area contributed by atoms with E-state index in [2.05, 4.69) is 36.1 Å². The van der Waals surface area contributed by atoms with Crippen molar-refractivity contribution in [3.63, 3.8) is 0 Å². The van der Waals surface area contributed by atoms with E-state index in [1.165, 1.54) is 29.8 Å². The molecule has 0 radical (unpaired) electrons. The summed E-state index contributed by atoms with van der Waals surface area (Å²) in [4.78, 5) is 16.9. The first kappa shape index (κ1) is 15.1. The molecule has 1 aliphatic heterocycles. The molecular formula is C21H25NOS. The molecule has 126 valence electrons. The first-order valence-electron chi connectivity index (χ1n) is 9.47. The number of hydrogen-bond donors (Lipinski definition) is 0. The van der Waals surface area contributed by atoms with E-state index in [0.29, 0.717) is 5.78 Å². The number of nitrogens with zero attached hydrogens (tertiary/aromatic N) is 1. The Morgan fingerprint density at radius 2 is 1.79 bits per heavy atom. The number of ketones is 1. The highest BCUT2D eigenvalue weighted by atomic mass is 32.2. The van der Waals surface area contributed by atoms with Gasteiger partial charge in [0.2, 0.25) is 0 Å². The third-order valence-corrected chi connectivity index (χ3v) is 7.88. The van der Waals surface area contributed by atoms with Crippen LogP contribution in [0.15, 0.2) is 40.3 Å². The van der Waals surface area contributed by atoms with Crippen LogP contribution in [0.2, 0.25) is 0 Å². The Bertz CT molecular complexity index is 687. The lowest BCUT2D eigenvalue weighted by atomic mass is 9.48. The van der Waals surface area contributed by atoms with E-state index in [4.69, 9.17) is 0 Å². The molecule has 0 atom stereocenters. The molecule has 0 amide bonds. The van der Waals surface area contributed by atoms with Crippen molar-refractivity contribution in [3.05, 3.63) is 35.4 Å². The monoisotopic (exact) mass is 339 g/mol. The highest BCUT2D eigenvalue weighted by Crippen LogP contribution is 2.60. The predicted octanol–water partition coefficient (Wildman–Crippen LogP) is 5.25. The highest BCUT2D eigenvalue weighted by molar-refractivity contribution is 8.03. The average molecular weight is 340 g/mol. The zero-order chi connectivity index (χ0) is 16.3. The van der Waals surface area contributed by atoms with Crippen LogP contribution in [0.25, 0.3) is 0 Å². The molecule has 1 aromatic rings. The van der Waals surface area contributed by atoms with Gasteiger partial charge in [0.25, 0.3) is 0 Å². The Labute approximate surface area is 148 Å². The SMILES string of the molecule is CCN1/C(=C/C(=O)C23CC4CC(CC(C4)C2)C3)Sc2ccccc21. The van der Waals surface area contributed by atoms with Gasteiger partial charge in [-0.25, -0.2) is 0 Å². The van der Waals surface area contributed by atoms with Gasteiger partial charge >= 0.3 is 0 Å². The molecule has 4 aliphatic carbocycles. The van der Waals surface area contributed by atoms with E-state index in [9.17, 15) is 4.79 Å². The summed E-state index contributed by atoms with van der Waals surface area (Å²) in [6, 6.07) is 8.51. The van der Waals surface area contributed by atoms with Gasteiger partial charge in [0.1, 0.15) is 0 Å². The molecule has 4 bridgehead atoms. The van der Waals surface area contributed by atoms with Gasteiger partial charge in [-0.15, -0.1) is 0 Å². The van der Waals surface area contributed by atoms with Gasteiger partial charge in [-0.05, 0) is 75.3 Å². The Balaban J connectivity index is 1.45. The second-order valence-corrected chi connectivity index (χ2v) is 9.42. The van der Waals surface area contributed by atoms with Gasteiger partial charge in [0.15, 0.2) is 5.78 Å². The maximum atomic E-state index is 13.3. The minimum absolute atomic E-state index is 0.0174. The van der Waals surface area contributed by atoms with E-state index < -0.39 is 0 Å². The molecule has 6 rings (SSSR count). The van der Waals surface area contributed by atoms with Gasteiger partial charge in [-0.3, -0.25) is 4.79 Å². The smallest absolute Gasteiger partial charge is 0.164 e. The number of hydrogen-bond acceptors (Lipinski definition) is 3. The molecule has 4 fully saturated rings. The van der Waals surface area contributed by atoms with E-state index in [-0.39, 0.29) is 5.41 Å². The average Bonchev–Trinajstić information content (AvgIpc) is 2.90. The number of carbonyl (C=O) groups excluding carboxylic acids is 1. The molecule has 0 N–H and O–H groups in total. The van der Waals surface area contributed by atoms with E-state index in [0.717, 1.165) is 48.6 Å². The minimum atomic E-state index is -0.0174. The lowest BCUT2D eigenvalue weighted by molar-refractivity contribution is -0.138. The van der Waals surface area contributed by atoms with Crippen molar-refractivity contribution in [2.24, 2.45) is 23.2 Å². The lowest BCUT2D eigenvalue weighted by Gasteiger charge is -2.55. The fourth-order valence-corrected chi connectivity index (χ4v) is 7.32. The summed E-state index contributed by atoms with van der Waals surface area (Å²) in [5.74, 6) is 2.91. The highest BCUT2D eigenvalue weighted by Gasteiger charge is 2.54. The molecule has 0 spiro atoms. The van der Waals surface area contributed by atoms with Crippen LogP contribution in [0.5, 0.6) is 0 Å². The van der Waals surface area contributed by atoms with Gasteiger partial charge in [-0.2, -0.15) is 0 Å². The molecule has 1 aromatic carbocycles. The lowest BCUT2D eigenvalue weighted by Crippen LogP contribution is -2.49. The van der Waals surface area contributed by atoms with Crippen molar-refractivity contribution in [2.45, 2.75) is 50.3 Å². The van der Waals surface area contributed by atoms with Gasteiger partial charge < -0.3 is 4.90 Å². The molecule has 4 saturated carbocycles. The number of anilines is 1. The number of rotatable bonds is 3. The summed E-state index contributed by atoms with van der Waals surface area (Å²) >= 11 is 1.77. The Hall–Kier alpha value is -1.22. The molecule has 24 heavy (non-hydrogen) atoms. The van der Waals surface area contributed by atoms with Crippen LogP contribution in [0.4, 0.5) is 5.69 Å². The van der Waals surface area contributed by atoms with Crippen molar-refractivity contribution in [1.82, 2.24) is 0 Å². The summed E-state index contributed by atoms with van der Waals surface area (Å²) in [6.07, 6.45) is 9.66. The first-order valence-corrected chi connectivity index (χ1v) is 10.3. The summed E-state index contributed by atoms with van der Waals surface area (Å²) < 4.78 is 0. The summed E-state index contributed by atoms with van der Waals surface area (Å²) in [5, 5.41) is 1.14. The summed E-state index contributed by atoms with van der Waals surface area (Å²) in [5.41, 5.74) is 1.24. The minimum Gasteiger partial charge on any atom is -0.335 e. The van der Waals surface area contributed by atoms with Crippen LogP contribution >= 0.6 is 11.8 Å². The molecule has 0 saturated heterocycles. The van der Waals surface area contributed by atoms with E-state index in [1.54, 1.807) is 11.8 Å². The number of para-hydroxylation sites is 1. The zero-order valence-electron chi connectivity index (χ0n) is 14.3. The van der Waals surface area contributed by atoms with Crippen molar-refractivity contribution < 1.29 is 4.79 Å². The van der Waals surface area contributed by atoms with Crippen LogP contribution in [0.1, 0.15) is 45.4 Å². The summed E-state index contributed by atoms with van der Waals surface area (Å²) in [7, 11) is 0. The summed E-state index contributed by atoms with van der Waals surface area (Å²) in [6.45, 7) is 3.09. The van der Waals surface area contributed by atoms with E-state index >= 15 is 0 Å². The Morgan fingerprint density at radius 3 is 2.42 bits per heavy atom. The Morgan fingerprint density at radius 1 is 1.17 bits per heavy atom. The molecule has 0 aromatic heterocycles. The quantitative estimate of drug-likeness (QED) is 0.702. The molecule has 5 aliphatic rings. The number of benzene rings is 1. The first-order chi connectivity index (χ1) is 11.7. The van der Waals surface area contributed by atoms with Crippen molar-refractivity contribution in [1.29, 1.82) is 0 Å². The van der Waals surface area contributed by atoms with Crippen LogP contribution in [0, 0.1) is 23.2 Å². The van der Waals surface area contributed by atoms with Crippen molar-refractivity contribution in [3.8, 4) is 0 Å². The largest absolute Gasteiger partial charge is 0.335 e. The molecular weight excluding hydrogens is 314 g/mol. The number of fused-ring (bicyclic) bond motifs is 1. The van der Waals surface area contributed by atoms with Crippen LogP contribution in [-0.4, -0.2) is 12.3 Å². The molecule has 0 unspecified atom stereocenters. The zero-order valence-corrected chi connectivity index (χ0v) is 15.1. The fraction of sp³-hybridized carbons (Fsp3) is 0.571. The maximum absolute atomic E-state index is 13.3. The van der Waals surface area contributed by atoms with Crippen LogP contribution in [0.3, 0.4) is 0 Å². The third-order valence-electron chi connectivity index (χ3n) is 6.77. The standard InChI is InChI=1S/C21H25NOS/c1-2-22-17-5-3-4-6-18(17)24-20(22)10-19(23)21-11-14-7-15(12-21)9-16(8-14)13-21/h3-6,10,14-16H,2,7-9,11-13H2,1H3/b20-10-. The molecule has 3 heteroatoms. The van der Waals surface area contributed by atoms with Crippen LogP contribution < -0.4 is 4.90 Å². The van der Waals surface area contributed by atoms with Gasteiger partial charge in [0.05, 0.1) is 10.7 Å². The number of thioether (sulfide) groups is 1. The molecule has 2 nitrogen and oxygen atoms in total. The van der Waals surface area contributed by atoms with E-state index in [1.807, 2.05) is 6.08 Å².